The van der Waals surface area contributed by atoms with Crippen molar-refractivity contribution in [3.05, 3.63) is 29.3 Å². The fraction of sp³-hybridized carbons (Fsp3) is 0.167. The van der Waals surface area contributed by atoms with Gasteiger partial charge in [0.2, 0.25) is 0 Å². The first-order valence-corrected chi connectivity index (χ1v) is 4.32. The van der Waals surface area contributed by atoms with Crippen LogP contribution in [0.25, 0.3) is 0 Å². The number of carbonyl (C=O) groups excluding carboxylic acids is 1. The predicted octanol–water partition coefficient (Wildman–Crippen LogP) is 1.51. The van der Waals surface area contributed by atoms with E-state index in [-0.39, 0.29) is 6.42 Å². The van der Waals surface area contributed by atoms with Gasteiger partial charge in [-0.05, 0) is 18.2 Å². The van der Waals surface area contributed by atoms with Crippen LogP contribution in [0.2, 0.25) is 0 Å². The molecule has 0 aromatic heterocycles. The van der Waals surface area contributed by atoms with Gasteiger partial charge in [0, 0.05) is 5.56 Å². The number of benzene rings is 1. The van der Waals surface area contributed by atoms with Crippen molar-refractivity contribution in [2.24, 2.45) is 0 Å². The number of hydrogen-bond donors (Lipinski definition) is 0. The first kappa shape index (κ1) is 10.8. The van der Waals surface area contributed by atoms with Crippen LogP contribution in [0.5, 0.6) is 5.75 Å². The SMILES string of the molecule is COc1ccc(C#N)c(C#CCC=O)c1. The summed E-state index contributed by atoms with van der Waals surface area (Å²) in [5.74, 6) is 6.05. The van der Waals surface area contributed by atoms with E-state index in [0.29, 0.717) is 16.9 Å². The maximum atomic E-state index is 10.1. The molecule has 0 aliphatic rings. The maximum absolute atomic E-state index is 10.1. The highest BCUT2D eigenvalue weighted by atomic mass is 16.5. The van der Waals surface area contributed by atoms with Crippen LogP contribution in [0, 0.1) is 23.2 Å². The Balaban J connectivity index is 3.09. The fourth-order valence-electron chi connectivity index (χ4n) is 1.04. The Hall–Kier alpha value is -2.26. The second-order valence-electron chi connectivity index (χ2n) is 2.70. The highest BCUT2D eigenvalue weighted by molar-refractivity contribution is 5.57. The van der Waals surface area contributed by atoms with E-state index in [2.05, 4.69) is 11.8 Å². The minimum atomic E-state index is 0.169. The molecule has 0 atom stereocenters. The zero-order chi connectivity index (χ0) is 11.1. The van der Waals surface area contributed by atoms with Crippen molar-refractivity contribution in [2.45, 2.75) is 6.42 Å². The molecule has 1 rings (SSSR count). The van der Waals surface area contributed by atoms with Crippen LogP contribution < -0.4 is 4.74 Å². The Labute approximate surface area is 88.3 Å². The van der Waals surface area contributed by atoms with Crippen LogP contribution in [-0.2, 0) is 4.79 Å². The summed E-state index contributed by atoms with van der Waals surface area (Å²) in [5.41, 5.74) is 1.06. The van der Waals surface area contributed by atoms with Crippen LogP contribution in [0.15, 0.2) is 18.2 Å². The van der Waals surface area contributed by atoms with E-state index in [1.807, 2.05) is 6.07 Å². The lowest BCUT2D eigenvalue weighted by atomic mass is 10.1. The van der Waals surface area contributed by atoms with Gasteiger partial charge in [-0.3, -0.25) is 0 Å². The number of hydrogen-bond acceptors (Lipinski definition) is 3. The van der Waals surface area contributed by atoms with Crippen molar-refractivity contribution in [1.29, 1.82) is 5.26 Å². The Kier molecular flexibility index (Phi) is 3.94. The van der Waals surface area contributed by atoms with Gasteiger partial charge in [0.1, 0.15) is 18.1 Å². The van der Waals surface area contributed by atoms with Crippen molar-refractivity contribution >= 4 is 6.29 Å². The Morgan fingerprint density at radius 2 is 2.27 bits per heavy atom. The van der Waals surface area contributed by atoms with Gasteiger partial charge in [-0.2, -0.15) is 5.26 Å². The minimum absolute atomic E-state index is 0.169. The van der Waals surface area contributed by atoms with Gasteiger partial charge in [0.05, 0.1) is 19.1 Å². The molecular formula is C12H9NO2. The van der Waals surface area contributed by atoms with Gasteiger partial charge < -0.3 is 9.53 Å². The summed E-state index contributed by atoms with van der Waals surface area (Å²) in [7, 11) is 1.55. The third-order valence-corrected chi connectivity index (χ3v) is 1.76. The van der Waals surface area contributed by atoms with E-state index in [0.717, 1.165) is 6.29 Å². The molecule has 0 radical (unpaired) electrons. The number of rotatable bonds is 2. The van der Waals surface area contributed by atoms with E-state index in [4.69, 9.17) is 10.00 Å². The average Bonchev–Trinajstić information content (AvgIpc) is 2.29. The number of nitriles is 1. The molecule has 0 bridgehead atoms. The summed E-state index contributed by atoms with van der Waals surface area (Å²) in [4.78, 5) is 10.1. The topological polar surface area (TPSA) is 50.1 Å². The first-order chi connectivity index (χ1) is 7.31. The number of methoxy groups -OCH3 is 1. The van der Waals surface area contributed by atoms with E-state index >= 15 is 0 Å². The normalized spacial score (nSPS) is 8.27. The van der Waals surface area contributed by atoms with Gasteiger partial charge in [-0.25, -0.2) is 0 Å². The van der Waals surface area contributed by atoms with Gasteiger partial charge in [0.25, 0.3) is 0 Å². The highest BCUT2D eigenvalue weighted by Crippen LogP contribution is 2.16. The second kappa shape index (κ2) is 5.47. The average molecular weight is 199 g/mol. The van der Waals surface area contributed by atoms with Gasteiger partial charge >= 0.3 is 0 Å². The van der Waals surface area contributed by atoms with Crippen molar-refractivity contribution in [3.8, 4) is 23.7 Å². The monoisotopic (exact) mass is 199 g/mol. The molecule has 0 unspecified atom stereocenters. The zero-order valence-electron chi connectivity index (χ0n) is 8.28. The molecule has 3 heteroatoms. The zero-order valence-corrected chi connectivity index (χ0v) is 8.28. The predicted molar refractivity (Wildman–Crippen MR) is 55.3 cm³/mol. The van der Waals surface area contributed by atoms with Crippen molar-refractivity contribution in [3.63, 3.8) is 0 Å². The van der Waals surface area contributed by atoms with Crippen LogP contribution in [0.3, 0.4) is 0 Å². The molecule has 1 aromatic carbocycles. The first-order valence-electron chi connectivity index (χ1n) is 4.32. The van der Waals surface area contributed by atoms with Crippen molar-refractivity contribution in [2.75, 3.05) is 7.11 Å². The Bertz CT molecular complexity index is 461. The standard InChI is InChI=1S/C12H9NO2/c1-15-12-6-5-11(9-13)10(8-12)4-2-3-7-14/h5-8H,3H2,1H3. The third-order valence-electron chi connectivity index (χ3n) is 1.76. The van der Waals surface area contributed by atoms with Gasteiger partial charge in [-0.15, -0.1) is 0 Å². The van der Waals surface area contributed by atoms with Crippen LogP contribution in [-0.4, -0.2) is 13.4 Å². The summed E-state index contributed by atoms with van der Waals surface area (Å²) in [5, 5.41) is 8.81. The molecule has 74 valence electrons. The number of ether oxygens (including phenoxy) is 1. The molecule has 0 aliphatic heterocycles. The van der Waals surface area contributed by atoms with Gasteiger partial charge in [-0.1, -0.05) is 11.8 Å². The summed E-state index contributed by atoms with van der Waals surface area (Å²) in [6, 6.07) is 7.04. The molecule has 0 fully saturated rings. The van der Waals surface area contributed by atoms with Crippen LogP contribution >= 0.6 is 0 Å². The van der Waals surface area contributed by atoms with Crippen LogP contribution in [0.1, 0.15) is 17.5 Å². The summed E-state index contributed by atoms with van der Waals surface area (Å²) in [6.45, 7) is 0. The van der Waals surface area contributed by atoms with Crippen molar-refractivity contribution in [1.82, 2.24) is 0 Å². The molecule has 0 heterocycles. The Morgan fingerprint density at radius 1 is 1.47 bits per heavy atom. The quantitative estimate of drug-likeness (QED) is 0.535. The molecule has 0 spiro atoms. The largest absolute Gasteiger partial charge is 0.497 e. The molecule has 3 nitrogen and oxygen atoms in total. The van der Waals surface area contributed by atoms with E-state index < -0.39 is 0 Å². The highest BCUT2D eigenvalue weighted by Gasteiger charge is 2.00. The van der Waals surface area contributed by atoms with Gasteiger partial charge in [0.15, 0.2) is 0 Å². The second-order valence-corrected chi connectivity index (χ2v) is 2.70. The molecule has 0 amide bonds. The lowest BCUT2D eigenvalue weighted by Gasteiger charge is -2.00. The third kappa shape index (κ3) is 2.86. The van der Waals surface area contributed by atoms with Crippen molar-refractivity contribution < 1.29 is 9.53 Å². The van der Waals surface area contributed by atoms with E-state index in [1.54, 1.807) is 25.3 Å². The number of aldehydes is 1. The fourth-order valence-corrected chi connectivity index (χ4v) is 1.04. The maximum Gasteiger partial charge on any atom is 0.131 e. The lowest BCUT2D eigenvalue weighted by molar-refractivity contribution is -0.107. The Morgan fingerprint density at radius 3 is 2.87 bits per heavy atom. The molecule has 0 aliphatic carbocycles. The van der Waals surface area contributed by atoms with Crippen LogP contribution in [0.4, 0.5) is 0 Å². The lowest BCUT2D eigenvalue weighted by Crippen LogP contribution is -1.87. The molecule has 1 aromatic rings. The summed E-state index contributed by atoms with van der Waals surface area (Å²) >= 11 is 0. The smallest absolute Gasteiger partial charge is 0.131 e. The summed E-state index contributed by atoms with van der Waals surface area (Å²) < 4.78 is 5.01. The molecule has 0 saturated heterocycles. The van der Waals surface area contributed by atoms with E-state index in [1.165, 1.54) is 0 Å². The van der Waals surface area contributed by atoms with E-state index in [9.17, 15) is 4.79 Å². The summed E-state index contributed by atoms with van der Waals surface area (Å²) in [6.07, 6.45) is 0.890. The molecule has 0 saturated carbocycles. The molecule has 15 heavy (non-hydrogen) atoms. The molecule has 0 N–H and O–H groups in total. The number of carbonyl (C=O) groups is 1. The molecular weight excluding hydrogens is 190 g/mol. The number of nitrogens with zero attached hydrogens (tertiary/aromatic N) is 1. The minimum Gasteiger partial charge on any atom is -0.497 e.